The highest BCUT2D eigenvalue weighted by molar-refractivity contribution is 7.89. The van der Waals surface area contributed by atoms with Gasteiger partial charge in [0, 0.05) is 19.6 Å². The second-order valence-corrected chi connectivity index (χ2v) is 11.2. The number of aryl methyl sites for hydroxylation is 3. The number of hydrogen-bond donors (Lipinski definition) is 0. The smallest absolute Gasteiger partial charge is 0.252 e. The molecule has 0 bridgehead atoms. The van der Waals surface area contributed by atoms with Crippen molar-refractivity contribution in [3.05, 3.63) is 58.4 Å². The fourth-order valence-electron chi connectivity index (χ4n) is 4.27. The van der Waals surface area contributed by atoms with Gasteiger partial charge in [-0.05, 0) is 56.9 Å². The van der Waals surface area contributed by atoms with Gasteiger partial charge in [-0.1, -0.05) is 48.1 Å². The van der Waals surface area contributed by atoms with Crippen LogP contribution in [0.15, 0.2) is 52.4 Å². The zero-order valence-corrected chi connectivity index (χ0v) is 20.4. The number of fused-ring (bicyclic) bond motifs is 1. The van der Waals surface area contributed by atoms with E-state index in [1.165, 1.54) is 21.2 Å². The van der Waals surface area contributed by atoms with E-state index in [0.717, 1.165) is 28.7 Å². The lowest BCUT2D eigenvalue weighted by molar-refractivity contribution is -0.122. The molecule has 0 radical (unpaired) electrons. The van der Waals surface area contributed by atoms with Gasteiger partial charge in [0.2, 0.25) is 10.0 Å². The molecule has 1 fully saturated rings. The van der Waals surface area contributed by atoms with E-state index in [0.29, 0.717) is 24.2 Å². The molecule has 1 atom stereocenters. The van der Waals surface area contributed by atoms with E-state index >= 15 is 0 Å². The molecule has 6 nitrogen and oxygen atoms in total. The highest BCUT2D eigenvalue weighted by atomic mass is 32.2. The van der Waals surface area contributed by atoms with Crippen molar-refractivity contribution in [2.24, 2.45) is 10.9 Å². The Morgan fingerprint density at radius 1 is 1.16 bits per heavy atom. The van der Waals surface area contributed by atoms with E-state index in [1.807, 2.05) is 13.0 Å². The van der Waals surface area contributed by atoms with Crippen LogP contribution in [0.4, 0.5) is 0 Å². The lowest BCUT2D eigenvalue weighted by Gasteiger charge is -2.30. The number of benzene rings is 2. The minimum Gasteiger partial charge on any atom is -0.316 e. The van der Waals surface area contributed by atoms with Crippen LogP contribution in [-0.2, 0) is 27.8 Å². The van der Waals surface area contributed by atoms with Crippen molar-refractivity contribution in [3.8, 4) is 0 Å². The predicted octanol–water partition coefficient (Wildman–Crippen LogP) is 4.12. The van der Waals surface area contributed by atoms with E-state index in [1.54, 1.807) is 24.3 Å². The Morgan fingerprint density at radius 2 is 1.91 bits per heavy atom. The maximum atomic E-state index is 13.1. The van der Waals surface area contributed by atoms with Gasteiger partial charge in [0.1, 0.15) is 0 Å². The molecule has 1 aliphatic heterocycles. The normalized spacial score (nSPS) is 18.3. The summed E-state index contributed by atoms with van der Waals surface area (Å²) in [6.07, 6.45) is 2.21. The fourth-order valence-corrected chi connectivity index (χ4v) is 6.95. The monoisotopic (exact) mass is 471 g/mol. The molecule has 0 saturated carbocycles. The van der Waals surface area contributed by atoms with Crippen LogP contribution in [0.1, 0.15) is 37.8 Å². The van der Waals surface area contributed by atoms with E-state index in [4.69, 9.17) is 0 Å². The number of rotatable bonds is 5. The van der Waals surface area contributed by atoms with Crippen LogP contribution in [0.2, 0.25) is 0 Å². The van der Waals surface area contributed by atoms with Gasteiger partial charge in [-0.15, -0.1) is 0 Å². The summed E-state index contributed by atoms with van der Waals surface area (Å²) in [6.45, 7) is 7.43. The number of para-hydroxylation sites is 1. The zero-order chi connectivity index (χ0) is 22.9. The van der Waals surface area contributed by atoms with Crippen molar-refractivity contribution < 1.29 is 13.2 Å². The molecule has 3 aromatic rings. The summed E-state index contributed by atoms with van der Waals surface area (Å²) in [6, 6.07) is 13.1. The third-order valence-electron chi connectivity index (χ3n) is 6.08. The van der Waals surface area contributed by atoms with Crippen molar-refractivity contribution in [3.63, 3.8) is 0 Å². The number of carbonyl (C=O) groups is 1. The molecule has 1 amide bonds. The summed E-state index contributed by atoms with van der Waals surface area (Å²) < 4.78 is 30.8. The Hall–Kier alpha value is -2.29. The molecule has 2 heterocycles. The van der Waals surface area contributed by atoms with Gasteiger partial charge in [-0.25, -0.2) is 8.42 Å². The average Bonchev–Trinajstić information content (AvgIpc) is 3.16. The number of carbonyl (C=O) groups excluding carboxylic acids is 1. The number of aromatic nitrogens is 1. The van der Waals surface area contributed by atoms with Gasteiger partial charge in [0.05, 0.1) is 21.0 Å². The number of piperidine rings is 1. The first kappa shape index (κ1) is 22.9. The van der Waals surface area contributed by atoms with Crippen molar-refractivity contribution in [1.82, 2.24) is 8.87 Å². The third-order valence-corrected chi connectivity index (χ3v) is 9.00. The summed E-state index contributed by atoms with van der Waals surface area (Å²) in [7, 11) is -3.62. The molecular weight excluding hydrogens is 442 g/mol. The Morgan fingerprint density at radius 3 is 2.59 bits per heavy atom. The fraction of sp³-hybridized carbons (Fsp3) is 0.417. The van der Waals surface area contributed by atoms with Gasteiger partial charge in [-0.3, -0.25) is 4.79 Å². The average molecular weight is 472 g/mol. The van der Waals surface area contributed by atoms with Gasteiger partial charge >= 0.3 is 0 Å². The van der Waals surface area contributed by atoms with Gasteiger partial charge in [-0.2, -0.15) is 9.30 Å². The van der Waals surface area contributed by atoms with Gasteiger partial charge in [0.25, 0.3) is 5.91 Å². The summed E-state index contributed by atoms with van der Waals surface area (Å²) in [5.74, 6) is -0.661. The van der Waals surface area contributed by atoms with Crippen LogP contribution in [0.5, 0.6) is 0 Å². The highest BCUT2D eigenvalue weighted by Crippen LogP contribution is 2.26. The molecule has 1 aromatic heterocycles. The molecule has 8 heteroatoms. The standard InChI is InChI=1S/C24H29N3O3S2/c1-4-18-8-6-10-21-22(18)27(5-2)24(31-21)25-23(28)19-9-7-15-26(16-19)32(29,30)20-13-11-17(3)12-14-20/h6,8,10-14,19H,4-5,7,9,15-16H2,1-3H3. The minimum absolute atomic E-state index is 0.176. The Bertz CT molecular complexity index is 1300. The number of thiazole rings is 1. The van der Waals surface area contributed by atoms with E-state index in [2.05, 4.69) is 35.5 Å². The third kappa shape index (κ3) is 4.31. The SMILES string of the molecule is CCc1cccc2sc(=NC(=O)C3CCCN(S(=O)(=O)c4ccc(C)cc4)C3)n(CC)c12. The second-order valence-electron chi connectivity index (χ2n) is 8.21. The van der Waals surface area contributed by atoms with Crippen LogP contribution in [-0.4, -0.2) is 36.3 Å². The van der Waals surface area contributed by atoms with Crippen molar-refractivity contribution in [1.29, 1.82) is 0 Å². The van der Waals surface area contributed by atoms with E-state index in [-0.39, 0.29) is 17.3 Å². The quantitative estimate of drug-likeness (QED) is 0.562. The van der Waals surface area contributed by atoms with Gasteiger partial charge < -0.3 is 4.57 Å². The number of nitrogens with zero attached hydrogens (tertiary/aromatic N) is 3. The zero-order valence-electron chi connectivity index (χ0n) is 18.7. The molecule has 2 aromatic carbocycles. The summed E-state index contributed by atoms with van der Waals surface area (Å²) >= 11 is 1.52. The summed E-state index contributed by atoms with van der Waals surface area (Å²) in [5.41, 5.74) is 3.39. The maximum Gasteiger partial charge on any atom is 0.252 e. The maximum absolute atomic E-state index is 13.1. The lowest BCUT2D eigenvalue weighted by atomic mass is 9.99. The molecule has 1 saturated heterocycles. The lowest BCUT2D eigenvalue weighted by Crippen LogP contribution is -2.42. The number of amides is 1. The number of hydrogen-bond acceptors (Lipinski definition) is 4. The van der Waals surface area contributed by atoms with Crippen LogP contribution in [0, 0.1) is 12.8 Å². The second kappa shape index (κ2) is 9.29. The molecule has 0 spiro atoms. The molecule has 0 aliphatic carbocycles. The Balaban J connectivity index is 1.63. The van der Waals surface area contributed by atoms with Crippen LogP contribution < -0.4 is 4.80 Å². The molecular formula is C24H29N3O3S2. The van der Waals surface area contributed by atoms with Crippen molar-refractivity contribution in [2.45, 2.75) is 51.5 Å². The van der Waals surface area contributed by atoms with Crippen LogP contribution in [0.25, 0.3) is 10.2 Å². The van der Waals surface area contributed by atoms with Crippen molar-refractivity contribution in [2.75, 3.05) is 13.1 Å². The Kier molecular flexibility index (Phi) is 6.65. The molecule has 32 heavy (non-hydrogen) atoms. The molecule has 4 rings (SSSR count). The highest BCUT2D eigenvalue weighted by Gasteiger charge is 2.33. The van der Waals surface area contributed by atoms with E-state index in [9.17, 15) is 13.2 Å². The van der Waals surface area contributed by atoms with Gasteiger partial charge in [0.15, 0.2) is 4.80 Å². The molecule has 170 valence electrons. The first-order valence-electron chi connectivity index (χ1n) is 11.1. The minimum atomic E-state index is -3.62. The topological polar surface area (TPSA) is 71.7 Å². The molecule has 1 aliphatic rings. The van der Waals surface area contributed by atoms with Crippen LogP contribution >= 0.6 is 11.3 Å². The summed E-state index contributed by atoms with van der Waals surface area (Å²) in [4.78, 5) is 18.6. The largest absolute Gasteiger partial charge is 0.316 e. The predicted molar refractivity (Wildman–Crippen MR) is 128 cm³/mol. The van der Waals surface area contributed by atoms with E-state index < -0.39 is 15.9 Å². The first-order chi connectivity index (χ1) is 15.3. The van der Waals surface area contributed by atoms with Crippen LogP contribution in [0.3, 0.4) is 0 Å². The van der Waals surface area contributed by atoms with Crippen molar-refractivity contribution >= 4 is 37.5 Å². The molecule has 0 N–H and O–H groups in total. The number of sulfonamides is 1. The first-order valence-corrected chi connectivity index (χ1v) is 13.4. The molecule has 1 unspecified atom stereocenters. The Labute approximate surface area is 193 Å². The summed E-state index contributed by atoms with van der Waals surface area (Å²) in [5, 5.41) is 0.